The second kappa shape index (κ2) is 10.5. The van der Waals surface area contributed by atoms with Gasteiger partial charge in [-0.15, -0.1) is 0 Å². The van der Waals surface area contributed by atoms with Gasteiger partial charge in [-0.3, -0.25) is 14.9 Å². The number of ether oxygens (including phenoxy) is 1. The molecule has 3 N–H and O–H groups in total. The topological polar surface area (TPSA) is 131 Å². The number of halogens is 2. The maximum absolute atomic E-state index is 13.5. The molecular formula is C15H19F2N3O6S. The standard InChI is InChI=1S/C15H19F2N3O6S/c1-2-18-15(23)20-13(21)9-26-14(22)4-3-7-19-27(24,25)12-6-5-10(16)8-11(12)17/h5-6,8,19H,2-4,7,9H2,1H3,(H2,18,20,21,23). The molecule has 1 aromatic rings. The number of rotatable bonds is 9. The maximum atomic E-state index is 13.5. The van der Waals surface area contributed by atoms with Gasteiger partial charge in [0.15, 0.2) is 6.61 Å². The minimum atomic E-state index is -4.20. The molecule has 0 aliphatic rings. The van der Waals surface area contributed by atoms with Crippen LogP contribution in [0.25, 0.3) is 0 Å². The van der Waals surface area contributed by atoms with Gasteiger partial charge < -0.3 is 10.1 Å². The number of sulfonamides is 1. The first-order valence-electron chi connectivity index (χ1n) is 7.83. The molecule has 9 nitrogen and oxygen atoms in total. The number of esters is 1. The molecule has 1 aromatic carbocycles. The average Bonchev–Trinajstić information content (AvgIpc) is 2.56. The van der Waals surface area contributed by atoms with Crippen LogP contribution < -0.4 is 15.4 Å². The van der Waals surface area contributed by atoms with E-state index in [1.54, 1.807) is 6.92 Å². The van der Waals surface area contributed by atoms with Crippen LogP contribution in [-0.4, -0.2) is 46.0 Å². The van der Waals surface area contributed by atoms with Gasteiger partial charge in [0.1, 0.15) is 16.5 Å². The number of amides is 3. The van der Waals surface area contributed by atoms with E-state index in [0.29, 0.717) is 12.6 Å². The van der Waals surface area contributed by atoms with Crippen LogP contribution in [0.1, 0.15) is 19.8 Å². The van der Waals surface area contributed by atoms with E-state index in [1.807, 2.05) is 5.32 Å². The fourth-order valence-electron chi connectivity index (χ4n) is 1.80. The number of nitrogens with one attached hydrogen (secondary N) is 3. The Labute approximate surface area is 154 Å². The van der Waals surface area contributed by atoms with Gasteiger partial charge in [-0.2, -0.15) is 0 Å². The minimum Gasteiger partial charge on any atom is -0.456 e. The molecule has 0 heterocycles. The Bertz CT molecular complexity index is 801. The molecule has 27 heavy (non-hydrogen) atoms. The summed E-state index contributed by atoms with van der Waals surface area (Å²) in [7, 11) is -4.20. The highest BCUT2D eigenvalue weighted by Crippen LogP contribution is 2.15. The van der Waals surface area contributed by atoms with Gasteiger partial charge in [0, 0.05) is 25.6 Å². The lowest BCUT2D eigenvalue weighted by atomic mass is 10.3. The summed E-state index contributed by atoms with van der Waals surface area (Å²) in [6, 6.07) is 1.31. The molecule has 0 unspecified atom stereocenters. The summed E-state index contributed by atoms with van der Waals surface area (Å²) in [5, 5.41) is 4.25. The Morgan fingerprint density at radius 1 is 1.19 bits per heavy atom. The van der Waals surface area contributed by atoms with Crippen molar-refractivity contribution in [3.63, 3.8) is 0 Å². The zero-order valence-electron chi connectivity index (χ0n) is 14.4. The number of urea groups is 1. The summed E-state index contributed by atoms with van der Waals surface area (Å²) < 4.78 is 56.8. The zero-order valence-corrected chi connectivity index (χ0v) is 15.2. The molecule has 0 fully saturated rings. The SMILES string of the molecule is CCNC(=O)NC(=O)COC(=O)CCCNS(=O)(=O)c1ccc(F)cc1F. The number of carbonyl (C=O) groups is 3. The second-order valence-electron chi connectivity index (χ2n) is 5.14. The van der Waals surface area contributed by atoms with Gasteiger partial charge in [0.2, 0.25) is 10.0 Å². The number of hydrogen-bond acceptors (Lipinski definition) is 6. The molecule has 3 amide bonds. The highest BCUT2D eigenvalue weighted by atomic mass is 32.2. The van der Waals surface area contributed by atoms with E-state index in [2.05, 4.69) is 14.8 Å². The molecule has 0 aliphatic carbocycles. The van der Waals surface area contributed by atoms with Crippen LogP contribution in [0.5, 0.6) is 0 Å². The van der Waals surface area contributed by atoms with Crippen LogP contribution in [0.2, 0.25) is 0 Å². The first kappa shape index (κ1) is 22.4. The number of carbonyl (C=O) groups excluding carboxylic acids is 3. The van der Waals surface area contributed by atoms with Crippen LogP contribution in [0.15, 0.2) is 23.1 Å². The van der Waals surface area contributed by atoms with Gasteiger partial charge in [0.05, 0.1) is 0 Å². The normalized spacial score (nSPS) is 10.9. The molecule has 0 saturated heterocycles. The molecule has 12 heteroatoms. The van der Waals surface area contributed by atoms with Crippen molar-refractivity contribution in [2.24, 2.45) is 0 Å². The Morgan fingerprint density at radius 2 is 1.89 bits per heavy atom. The smallest absolute Gasteiger partial charge is 0.321 e. The number of imide groups is 1. The molecule has 0 spiro atoms. The molecule has 0 aromatic heterocycles. The van der Waals surface area contributed by atoms with Crippen LogP contribution in [0.3, 0.4) is 0 Å². The van der Waals surface area contributed by atoms with Crippen molar-refractivity contribution in [3.05, 3.63) is 29.8 Å². The molecule has 0 bridgehead atoms. The maximum Gasteiger partial charge on any atom is 0.321 e. The van der Waals surface area contributed by atoms with Crippen molar-refractivity contribution >= 4 is 27.9 Å². The summed E-state index contributed by atoms with van der Waals surface area (Å²) in [4.78, 5) is 33.1. The van der Waals surface area contributed by atoms with E-state index >= 15 is 0 Å². The second-order valence-corrected chi connectivity index (χ2v) is 6.88. The van der Waals surface area contributed by atoms with E-state index in [4.69, 9.17) is 0 Å². The lowest BCUT2D eigenvalue weighted by Crippen LogP contribution is -2.41. The Balaban J connectivity index is 2.33. The summed E-state index contributed by atoms with van der Waals surface area (Å²) in [5.74, 6) is -3.75. The largest absolute Gasteiger partial charge is 0.456 e. The van der Waals surface area contributed by atoms with E-state index in [0.717, 1.165) is 12.1 Å². The summed E-state index contributed by atoms with van der Waals surface area (Å²) in [5.41, 5.74) is 0. The number of hydrogen-bond donors (Lipinski definition) is 3. The molecule has 0 atom stereocenters. The fraction of sp³-hybridized carbons (Fsp3) is 0.400. The summed E-state index contributed by atoms with van der Waals surface area (Å²) in [6.07, 6.45) is -0.207. The minimum absolute atomic E-state index is 0.0127. The lowest BCUT2D eigenvalue weighted by molar-refractivity contribution is -0.148. The third kappa shape index (κ3) is 8.09. The van der Waals surface area contributed by atoms with Crippen LogP contribution in [-0.2, 0) is 24.3 Å². The van der Waals surface area contributed by atoms with Crippen molar-refractivity contribution < 1.29 is 36.3 Å². The molecule has 0 aliphatic heterocycles. The first-order chi connectivity index (χ1) is 12.7. The predicted molar refractivity (Wildman–Crippen MR) is 89.0 cm³/mol. The van der Waals surface area contributed by atoms with E-state index in [1.165, 1.54) is 0 Å². The van der Waals surface area contributed by atoms with Gasteiger partial charge in [-0.25, -0.2) is 26.7 Å². The predicted octanol–water partition coefficient (Wildman–Crippen LogP) is 0.412. The lowest BCUT2D eigenvalue weighted by Gasteiger charge is -2.08. The third-order valence-corrected chi connectivity index (χ3v) is 4.48. The van der Waals surface area contributed by atoms with Gasteiger partial charge in [-0.1, -0.05) is 0 Å². The number of benzene rings is 1. The molecule has 150 valence electrons. The van der Waals surface area contributed by atoms with Crippen molar-refractivity contribution in [2.45, 2.75) is 24.7 Å². The summed E-state index contributed by atoms with van der Waals surface area (Å²) in [6.45, 7) is 1.10. The first-order valence-corrected chi connectivity index (χ1v) is 9.32. The molecule has 1 rings (SSSR count). The van der Waals surface area contributed by atoms with Crippen molar-refractivity contribution in [1.82, 2.24) is 15.4 Å². The van der Waals surface area contributed by atoms with Crippen molar-refractivity contribution in [3.8, 4) is 0 Å². The van der Waals surface area contributed by atoms with Crippen molar-refractivity contribution in [2.75, 3.05) is 19.7 Å². The monoisotopic (exact) mass is 407 g/mol. The Kier molecular flexibility index (Phi) is 8.75. The average molecular weight is 407 g/mol. The molecule has 0 saturated carbocycles. The Morgan fingerprint density at radius 3 is 2.52 bits per heavy atom. The van der Waals surface area contributed by atoms with Gasteiger partial charge >= 0.3 is 12.0 Å². The van der Waals surface area contributed by atoms with E-state index in [9.17, 15) is 31.6 Å². The summed E-state index contributed by atoms with van der Waals surface area (Å²) >= 11 is 0. The van der Waals surface area contributed by atoms with Crippen LogP contribution in [0.4, 0.5) is 13.6 Å². The highest BCUT2D eigenvalue weighted by Gasteiger charge is 2.19. The van der Waals surface area contributed by atoms with Crippen LogP contribution >= 0.6 is 0 Å². The Hall–Kier alpha value is -2.60. The fourth-order valence-corrected chi connectivity index (χ4v) is 2.93. The molecular weight excluding hydrogens is 388 g/mol. The van der Waals surface area contributed by atoms with Gasteiger partial charge in [-0.05, 0) is 25.5 Å². The van der Waals surface area contributed by atoms with Crippen LogP contribution in [0, 0.1) is 11.6 Å². The van der Waals surface area contributed by atoms with Crippen molar-refractivity contribution in [1.29, 1.82) is 0 Å². The quantitative estimate of drug-likeness (QED) is 0.402. The van der Waals surface area contributed by atoms with Gasteiger partial charge in [0.25, 0.3) is 5.91 Å². The van der Waals surface area contributed by atoms with E-state index in [-0.39, 0.29) is 19.4 Å². The van der Waals surface area contributed by atoms with E-state index < -0.39 is 51.1 Å². The highest BCUT2D eigenvalue weighted by molar-refractivity contribution is 7.89. The third-order valence-electron chi connectivity index (χ3n) is 2.99. The zero-order chi connectivity index (χ0) is 20.4. The molecule has 0 radical (unpaired) electrons.